The number of halogens is 1. The molecule has 0 aromatic heterocycles. The van der Waals surface area contributed by atoms with Gasteiger partial charge in [0.15, 0.2) is 0 Å². The lowest BCUT2D eigenvalue weighted by Crippen LogP contribution is -2.30. The number of nitro groups is 1. The van der Waals surface area contributed by atoms with Gasteiger partial charge in [0, 0.05) is 39.0 Å². The number of carbonyl (C=O) groups is 3. The molecule has 43 heavy (non-hydrogen) atoms. The molecule has 0 saturated carbocycles. The minimum atomic E-state index is -0.605. The number of amides is 3. The Bertz CT molecular complexity index is 1690. The first-order valence-corrected chi connectivity index (χ1v) is 14.3. The number of benzene rings is 4. The molecule has 0 spiro atoms. The first-order chi connectivity index (χ1) is 20.6. The number of hydrogen-bond donors (Lipinski definition) is 3. The van der Waals surface area contributed by atoms with Crippen molar-refractivity contribution in [2.24, 2.45) is 0 Å². The summed E-state index contributed by atoms with van der Waals surface area (Å²) in [5, 5.41) is 19.4. The van der Waals surface area contributed by atoms with Gasteiger partial charge in [-0.05, 0) is 85.6 Å². The van der Waals surface area contributed by atoms with Crippen molar-refractivity contribution in [3.63, 3.8) is 0 Å². The fourth-order valence-corrected chi connectivity index (χ4v) is 4.98. The molecule has 9 nitrogen and oxygen atoms in total. The molecule has 0 aliphatic carbocycles. The first-order valence-electron chi connectivity index (χ1n) is 13.1. The SMILES string of the molecule is Cc1c(Cl)cccc1NC(=O)C(C)Sc1cccc(NC(=O)/C(=C\c2ccc([N+](=O)[O-])cc2)NC(=O)c2ccccc2)c1. The van der Waals surface area contributed by atoms with Crippen LogP contribution in [0.15, 0.2) is 108 Å². The zero-order valence-corrected chi connectivity index (χ0v) is 24.7. The van der Waals surface area contributed by atoms with Gasteiger partial charge >= 0.3 is 0 Å². The highest BCUT2D eigenvalue weighted by Crippen LogP contribution is 2.28. The van der Waals surface area contributed by atoms with E-state index in [4.69, 9.17) is 11.6 Å². The molecule has 0 radical (unpaired) electrons. The normalized spacial score (nSPS) is 11.7. The maximum atomic E-state index is 13.4. The van der Waals surface area contributed by atoms with E-state index in [2.05, 4.69) is 16.0 Å². The van der Waals surface area contributed by atoms with Gasteiger partial charge in [0.25, 0.3) is 17.5 Å². The molecule has 3 amide bonds. The van der Waals surface area contributed by atoms with Crippen molar-refractivity contribution >= 4 is 64.2 Å². The number of non-ortho nitro benzene ring substituents is 1. The Balaban J connectivity index is 1.50. The number of thioether (sulfide) groups is 1. The van der Waals surface area contributed by atoms with Crippen LogP contribution < -0.4 is 16.0 Å². The van der Waals surface area contributed by atoms with Crippen molar-refractivity contribution in [2.45, 2.75) is 24.0 Å². The molecule has 3 N–H and O–H groups in total. The van der Waals surface area contributed by atoms with Crippen LogP contribution in [-0.4, -0.2) is 27.9 Å². The molecule has 218 valence electrons. The highest BCUT2D eigenvalue weighted by molar-refractivity contribution is 8.00. The topological polar surface area (TPSA) is 130 Å². The second-order valence-electron chi connectivity index (χ2n) is 9.37. The van der Waals surface area contributed by atoms with Gasteiger partial charge in [0.1, 0.15) is 5.70 Å². The zero-order chi connectivity index (χ0) is 30.9. The molecule has 1 atom stereocenters. The summed E-state index contributed by atoms with van der Waals surface area (Å²) in [5.74, 6) is -1.31. The van der Waals surface area contributed by atoms with Crippen LogP contribution in [0.5, 0.6) is 0 Å². The quantitative estimate of drug-likeness (QED) is 0.0757. The summed E-state index contributed by atoms with van der Waals surface area (Å²) in [6, 6.07) is 26.3. The number of nitro benzene ring substituents is 1. The van der Waals surface area contributed by atoms with Crippen molar-refractivity contribution in [1.29, 1.82) is 0 Å². The number of nitrogens with zero attached hydrogens (tertiary/aromatic N) is 1. The van der Waals surface area contributed by atoms with Crippen LogP contribution in [0.3, 0.4) is 0 Å². The van der Waals surface area contributed by atoms with E-state index in [1.807, 2.05) is 13.0 Å². The van der Waals surface area contributed by atoms with Crippen molar-refractivity contribution < 1.29 is 19.3 Å². The van der Waals surface area contributed by atoms with Crippen LogP contribution in [0.1, 0.15) is 28.4 Å². The van der Waals surface area contributed by atoms with Gasteiger partial charge in [-0.2, -0.15) is 0 Å². The number of anilines is 2. The smallest absolute Gasteiger partial charge is 0.272 e. The molecule has 4 aromatic carbocycles. The standard InChI is InChI=1S/C32H27ClN4O5S/c1-20-27(33)12-7-13-28(20)35-30(38)21(2)43-26-11-6-10-24(19-26)34-32(40)29(36-31(39)23-8-4-3-5-9-23)18-22-14-16-25(17-15-22)37(41)42/h3-19,21H,1-2H3,(H,34,40)(H,35,38)(H,36,39)/b29-18+. The van der Waals surface area contributed by atoms with Crippen molar-refractivity contribution in [3.8, 4) is 0 Å². The number of hydrogen-bond acceptors (Lipinski definition) is 6. The van der Waals surface area contributed by atoms with E-state index in [1.165, 1.54) is 42.1 Å². The van der Waals surface area contributed by atoms with Crippen LogP contribution in [0, 0.1) is 17.0 Å². The summed E-state index contributed by atoms with van der Waals surface area (Å²) >= 11 is 7.48. The van der Waals surface area contributed by atoms with Gasteiger partial charge in [0.2, 0.25) is 5.91 Å². The van der Waals surface area contributed by atoms with E-state index in [0.717, 1.165) is 10.5 Å². The Morgan fingerprint density at radius 1 is 0.907 bits per heavy atom. The van der Waals surface area contributed by atoms with Crippen LogP contribution >= 0.6 is 23.4 Å². The lowest BCUT2D eigenvalue weighted by Gasteiger charge is -2.15. The fourth-order valence-electron chi connectivity index (χ4n) is 3.88. The summed E-state index contributed by atoms with van der Waals surface area (Å²) in [4.78, 5) is 50.4. The average Bonchev–Trinajstić information content (AvgIpc) is 3.00. The summed E-state index contributed by atoms with van der Waals surface area (Å²) in [6.07, 6.45) is 1.43. The average molecular weight is 615 g/mol. The Morgan fingerprint density at radius 3 is 2.30 bits per heavy atom. The van der Waals surface area contributed by atoms with Crippen molar-refractivity contribution in [2.75, 3.05) is 10.6 Å². The van der Waals surface area contributed by atoms with Gasteiger partial charge in [-0.15, -0.1) is 11.8 Å². The summed E-state index contributed by atoms with van der Waals surface area (Å²) in [5.41, 5.74) is 2.51. The molecular formula is C32H27ClN4O5S. The molecule has 0 bridgehead atoms. The third-order valence-corrected chi connectivity index (χ3v) is 7.75. The van der Waals surface area contributed by atoms with Crippen LogP contribution in [0.2, 0.25) is 5.02 Å². The van der Waals surface area contributed by atoms with E-state index in [1.54, 1.807) is 73.7 Å². The monoisotopic (exact) mass is 614 g/mol. The predicted octanol–water partition coefficient (Wildman–Crippen LogP) is 7.09. The summed E-state index contributed by atoms with van der Waals surface area (Å²) < 4.78 is 0. The van der Waals surface area contributed by atoms with E-state index in [0.29, 0.717) is 27.5 Å². The summed E-state index contributed by atoms with van der Waals surface area (Å²) in [7, 11) is 0. The molecule has 0 aliphatic heterocycles. The van der Waals surface area contributed by atoms with E-state index in [-0.39, 0.29) is 17.3 Å². The van der Waals surface area contributed by atoms with Gasteiger partial charge in [-0.25, -0.2) is 0 Å². The Labute approximate surface area is 257 Å². The molecule has 4 rings (SSSR count). The van der Waals surface area contributed by atoms with Crippen molar-refractivity contribution in [3.05, 3.63) is 135 Å². The Kier molecular flexibility index (Phi) is 10.3. The van der Waals surface area contributed by atoms with E-state index < -0.39 is 22.0 Å². The first kappa shape index (κ1) is 31.0. The second-order valence-corrected chi connectivity index (χ2v) is 11.2. The predicted molar refractivity (Wildman–Crippen MR) is 170 cm³/mol. The molecular weight excluding hydrogens is 588 g/mol. The molecule has 0 saturated heterocycles. The van der Waals surface area contributed by atoms with Gasteiger partial charge < -0.3 is 16.0 Å². The van der Waals surface area contributed by atoms with Crippen LogP contribution in [0.4, 0.5) is 17.1 Å². The van der Waals surface area contributed by atoms with Gasteiger partial charge in [-0.1, -0.05) is 41.9 Å². The van der Waals surface area contributed by atoms with Crippen molar-refractivity contribution in [1.82, 2.24) is 5.32 Å². The maximum Gasteiger partial charge on any atom is 0.272 e. The van der Waals surface area contributed by atoms with Gasteiger partial charge in [-0.3, -0.25) is 24.5 Å². The number of rotatable bonds is 10. The minimum Gasteiger partial charge on any atom is -0.325 e. The lowest BCUT2D eigenvalue weighted by atomic mass is 10.1. The largest absolute Gasteiger partial charge is 0.325 e. The molecule has 0 aliphatic rings. The number of nitrogens with one attached hydrogen (secondary N) is 3. The minimum absolute atomic E-state index is 0.0644. The molecule has 11 heteroatoms. The molecule has 0 fully saturated rings. The summed E-state index contributed by atoms with van der Waals surface area (Å²) in [6.45, 7) is 3.60. The highest BCUT2D eigenvalue weighted by atomic mass is 35.5. The highest BCUT2D eigenvalue weighted by Gasteiger charge is 2.18. The lowest BCUT2D eigenvalue weighted by molar-refractivity contribution is -0.384. The van der Waals surface area contributed by atoms with E-state index in [9.17, 15) is 24.5 Å². The zero-order valence-electron chi connectivity index (χ0n) is 23.2. The van der Waals surface area contributed by atoms with Crippen LogP contribution in [0.25, 0.3) is 6.08 Å². The molecule has 4 aromatic rings. The molecule has 0 heterocycles. The Morgan fingerprint density at radius 2 is 1.60 bits per heavy atom. The maximum absolute atomic E-state index is 13.4. The molecule has 1 unspecified atom stereocenters. The van der Waals surface area contributed by atoms with Gasteiger partial charge in [0.05, 0.1) is 10.2 Å². The third-order valence-electron chi connectivity index (χ3n) is 6.24. The van der Waals surface area contributed by atoms with E-state index >= 15 is 0 Å². The Hall–Kier alpha value is -4.93. The second kappa shape index (κ2) is 14.3. The third kappa shape index (κ3) is 8.54. The number of carbonyl (C=O) groups excluding carboxylic acids is 3. The fraction of sp³-hybridized carbons (Fsp3) is 0.0938. The van der Waals surface area contributed by atoms with Crippen LogP contribution in [-0.2, 0) is 9.59 Å².